The van der Waals surface area contributed by atoms with Gasteiger partial charge in [-0.2, -0.15) is 5.10 Å². The number of anilines is 2. The lowest BCUT2D eigenvalue weighted by Crippen LogP contribution is -2.36. The number of carbonyl (C=O) groups excluding carboxylic acids is 1. The summed E-state index contributed by atoms with van der Waals surface area (Å²) in [5.74, 6) is 0.603. The Morgan fingerprint density at radius 1 is 1.21 bits per heavy atom. The van der Waals surface area contributed by atoms with Crippen LogP contribution in [0.15, 0.2) is 51.9 Å². The molecule has 10 nitrogen and oxygen atoms in total. The highest BCUT2D eigenvalue weighted by Gasteiger charge is 2.23. The van der Waals surface area contributed by atoms with Crippen LogP contribution >= 0.6 is 11.3 Å². The third kappa shape index (κ3) is 4.20. The van der Waals surface area contributed by atoms with E-state index in [1.165, 1.54) is 24.7 Å². The molecule has 170 valence electrons. The summed E-state index contributed by atoms with van der Waals surface area (Å²) in [5, 5.41) is 7.96. The van der Waals surface area contributed by atoms with Crippen LogP contribution in [0.2, 0.25) is 0 Å². The second kappa shape index (κ2) is 9.04. The van der Waals surface area contributed by atoms with Gasteiger partial charge in [-0.1, -0.05) is 23.5 Å². The number of thiazole rings is 1. The summed E-state index contributed by atoms with van der Waals surface area (Å²) in [7, 11) is 1.52. The van der Waals surface area contributed by atoms with Crippen molar-refractivity contribution in [1.82, 2.24) is 14.8 Å². The number of aromatic nitrogens is 3. The molecule has 1 amide bonds. The lowest BCUT2D eigenvalue weighted by molar-refractivity contribution is -0.117. The van der Waals surface area contributed by atoms with E-state index in [4.69, 9.17) is 13.9 Å². The number of carbonyl (C=O) groups is 1. The number of benzene rings is 1. The molecule has 0 atom stereocenters. The number of ether oxygens (including phenoxy) is 2. The zero-order chi connectivity index (χ0) is 22.8. The number of hydrogen-bond acceptors (Lipinski definition) is 9. The van der Waals surface area contributed by atoms with Crippen LogP contribution in [0.3, 0.4) is 0 Å². The van der Waals surface area contributed by atoms with E-state index in [2.05, 4.69) is 20.3 Å². The Balaban J connectivity index is 1.52. The first-order valence-electron chi connectivity index (χ1n) is 10.3. The molecule has 5 rings (SSSR count). The third-order valence-electron chi connectivity index (χ3n) is 5.20. The van der Waals surface area contributed by atoms with Crippen LogP contribution in [0, 0.1) is 0 Å². The topological polar surface area (TPSA) is 112 Å². The molecule has 33 heavy (non-hydrogen) atoms. The predicted octanol–water partition coefficient (Wildman–Crippen LogP) is 2.60. The maximum Gasteiger partial charge on any atom is 0.294 e. The van der Waals surface area contributed by atoms with Crippen molar-refractivity contribution >= 4 is 38.3 Å². The van der Waals surface area contributed by atoms with Gasteiger partial charge in [-0.05, 0) is 24.3 Å². The van der Waals surface area contributed by atoms with Gasteiger partial charge in [0.15, 0.2) is 16.4 Å². The predicted molar refractivity (Wildman–Crippen MR) is 124 cm³/mol. The van der Waals surface area contributed by atoms with E-state index in [9.17, 15) is 9.59 Å². The lowest BCUT2D eigenvalue weighted by Gasteiger charge is -2.25. The van der Waals surface area contributed by atoms with Crippen molar-refractivity contribution < 1.29 is 18.7 Å². The van der Waals surface area contributed by atoms with Crippen molar-refractivity contribution in [3.05, 3.63) is 53.0 Å². The molecule has 4 heterocycles. The smallest absolute Gasteiger partial charge is 0.294 e. The molecule has 11 heteroatoms. The molecule has 0 bridgehead atoms. The molecule has 0 unspecified atom stereocenters. The number of hydrogen-bond donors (Lipinski definition) is 1. The van der Waals surface area contributed by atoms with Gasteiger partial charge in [-0.3, -0.25) is 9.59 Å². The normalized spacial score (nSPS) is 13.9. The van der Waals surface area contributed by atoms with Crippen molar-refractivity contribution in [2.24, 2.45) is 0 Å². The SMILES string of the molecule is COc1ccccc1NC(=O)Cn1nc(-c2ccco2)c2sc(N3CCOCC3)nc2c1=O. The Kier molecular flexibility index (Phi) is 5.80. The van der Waals surface area contributed by atoms with Gasteiger partial charge >= 0.3 is 0 Å². The fraction of sp³-hybridized carbons (Fsp3) is 0.273. The first kappa shape index (κ1) is 21.2. The lowest BCUT2D eigenvalue weighted by atomic mass is 10.3. The monoisotopic (exact) mass is 467 g/mol. The number of morpholine rings is 1. The van der Waals surface area contributed by atoms with Crippen LogP contribution < -0.4 is 20.5 Å². The molecule has 1 N–H and O–H groups in total. The molecule has 0 saturated carbocycles. The minimum Gasteiger partial charge on any atom is -0.495 e. The summed E-state index contributed by atoms with van der Waals surface area (Å²) in [5.41, 5.74) is 0.796. The number of fused-ring (bicyclic) bond motifs is 1. The van der Waals surface area contributed by atoms with Gasteiger partial charge in [-0.25, -0.2) is 9.67 Å². The largest absolute Gasteiger partial charge is 0.495 e. The molecular formula is C22H21N5O5S. The van der Waals surface area contributed by atoms with Crippen LogP contribution in [0.5, 0.6) is 5.75 Å². The summed E-state index contributed by atoms with van der Waals surface area (Å²) in [6.45, 7) is 2.31. The highest BCUT2D eigenvalue weighted by Crippen LogP contribution is 2.34. The number of nitrogens with zero attached hydrogens (tertiary/aromatic N) is 4. The highest BCUT2D eigenvalue weighted by molar-refractivity contribution is 7.22. The molecule has 0 radical (unpaired) electrons. The third-order valence-corrected chi connectivity index (χ3v) is 6.32. The first-order chi connectivity index (χ1) is 16.1. The molecule has 0 aliphatic carbocycles. The van der Waals surface area contributed by atoms with Crippen molar-refractivity contribution in [3.8, 4) is 17.2 Å². The van der Waals surface area contributed by atoms with Gasteiger partial charge in [0.25, 0.3) is 5.56 Å². The van der Waals surface area contributed by atoms with Gasteiger partial charge < -0.3 is 24.1 Å². The van der Waals surface area contributed by atoms with Crippen LogP contribution in [0.4, 0.5) is 10.8 Å². The van der Waals surface area contributed by atoms with Crippen molar-refractivity contribution in [3.63, 3.8) is 0 Å². The van der Waals surface area contributed by atoms with Crippen molar-refractivity contribution in [1.29, 1.82) is 0 Å². The molecule has 1 fully saturated rings. The second-order valence-corrected chi connectivity index (χ2v) is 8.29. The molecule has 1 aromatic carbocycles. The molecular weight excluding hydrogens is 446 g/mol. The molecule has 1 saturated heterocycles. The van der Waals surface area contributed by atoms with Crippen LogP contribution in [0.25, 0.3) is 21.7 Å². The number of nitrogens with one attached hydrogen (secondary N) is 1. The van der Waals surface area contributed by atoms with Crippen LogP contribution in [-0.2, 0) is 16.1 Å². The molecule has 4 aromatic rings. The summed E-state index contributed by atoms with van der Waals surface area (Å²) in [6.07, 6.45) is 1.54. The van der Waals surface area contributed by atoms with Gasteiger partial charge in [0.2, 0.25) is 5.91 Å². The van der Waals surface area contributed by atoms with Gasteiger partial charge in [-0.15, -0.1) is 0 Å². The zero-order valence-electron chi connectivity index (χ0n) is 17.8. The summed E-state index contributed by atoms with van der Waals surface area (Å²) in [4.78, 5) is 32.7. The second-order valence-electron chi connectivity index (χ2n) is 7.31. The Bertz CT molecular complexity index is 1340. The van der Waals surface area contributed by atoms with E-state index in [-0.39, 0.29) is 12.1 Å². The zero-order valence-corrected chi connectivity index (χ0v) is 18.6. The quantitative estimate of drug-likeness (QED) is 0.461. The highest BCUT2D eigenvalue weighted by atomic mass is 32.1. The molecule has 1 aliphatic heterocycles. The summed E-state index contributed by atoms with van der Waals surface area (Å²) in [6, 6.07) is 10.6. The number of rotatable bonds is 6. The summed E-state index contributed by atoms with van der Waals surface area (Å²) < 4.78 is 18.0. The minimum absolute atomic E-state index is 0.257. The molecule has 1 aliphatic rings. The van der Waals surface area contributed by atoms with Crippen molar-refractivity contribution in [2.45, 2.75) is 6.54 Å². The van der Waals surface area contributed by atoms with Crippen LogP contribution in [-0.4, -0.2) is 54.1 Å². The fourth-order valence-corrected chi connectivity index (χ4v) is 4.69. The van der Waals surface area contributed by atoms with Gasteiger partial charge in [0, 0.05) is 13.1 Å². The van der Waals surface area contributed by atoms with E-state index in [1.807, 2.05) is 0 Å². The van der Waals surface area contributed by atoms with Crippen LogP contribution in [0.1, 0.15) is 0 Å². The standard InChI is InChI=1S/C22H21N5O5S/c1-30-15-6-3-2-5-14(15)23-17(28)13-27-21(29)19-20(18(25-27)16-7-4-10-32-16)33-22(24-19)26-8-11-31-12-9-26/h2-7,10H,8-9,11-13H2,1H3,(H,23,28). The van der Waals surface area contributed by atoms with Gasteiger partial charge in [0.05, 0.1) is 37.0 Å². The van der Waals surface area contributed by atoms with Crippen molar-refractivity contribution in [2.75, 3.05) is 43.6 Å². The van der Waals surface area contributed by atoms with Gasteiger partial charge in [0.1, 0.15) is 18.0 Å². The van der Waals surface area contributed by atoms with E-state index in [0.29, 0.717) is 53.9 Å². The average molecular weight is 468 g/mol. The number of para-hydroxylation sites is 2. The first-order valence-corrected chi connectivity index (χ1v) is 11.2. The average Bonchev–Trinajstić information content (AvgIpc) is 3.53. The Labute approximate surface area is 192 Å². The number of amides is 1. The Hall–Kier alpha value is -3.70. The molecule has 3 aromatic heterocycles. The van der Waals surface area contributed by atoms with E-state index in [1.54, 1.807) is 36.4 Å². The van der Waals surface area contributed by atoms with E-state index < -0.39 is 11.5 Å². The van der Waals surface area contributed by atoms with E-state index >= 15 is 0 Å². The fourth-order valence-electron chi connectivity index (χ4n) is 3.59. The van der Waals surface area contributed by atoms with E-state index in [0.717, 1.165) is 9.81 Å². The maximum atomic E-state index is 13.2. The number of furan rings is 1. The summed E-state index contributed by atoms with van der Waals surface area (Å²) >= 11 is 1.38. The Morgan fingerprint density at radius 2 is 2.03 bits per heavy atom. The Morgan fingerprint density at radius 3 is 2.79 bits per heavy atom. The maximum absolute atomic E-state index is 13.2. The number of methoxy groups -OCH3 is 1. The minimum atomic E-state index is -0.439. The molecule has 0 spiro atoms.